The molecule has 0 spiro atoms. The quantitative estimate of drug-likeness (QED) is 0.176. The van der Waals surface area contributed by atoms with Crippen LogP contribution in [0.25, 0.3) is 116 Å². The molecule has 270 valence electrons. The number of benzene rings is 9. The van der Waals surface area contributed by atoms with Crippen molar-refractivity contribution in [3.63, 3.8) is 0 Å². The smallest absolute Gasteiger partial charge is 0.164 e. The van der Waals surface area contributed by atoms with Gasteiger partial charge in [0.05, 0.1) is 11.0 Å². The van der Waals surface area contributed by atoms with Gasteiger partial charge in [0.25, 0.3) is 0 Å². The van der Waals surface area contributed by atoms with Gasteiger partial charge in [0.15, 0.2) is 17.5 Å². The standard InChI is InChI=1S/C53H32N4O/c1-3-12-33(13-4-1)37-23-27-46-45(30-37)50-41-20-10-8-15-35(41)22-28-47(50)57(46)39-25-26-42-44-31-38(24-29-48(44)58-49(42)32-39)52-54-51(36-16-5-2-6-17-36)55-53(56-52)43-21-11-18-34-14-7-9-19-40(34)43/h1-32H. The van der Waals surface area contributed by atoms with Crippen LogP contribution in [0.4, 0.5) is 0 Å². The lowest BCUT2D eigenvalue weighted by Crippen LogP contribution is -2.00. The lowest BCUT2D eigenvalue weighted by Gasteiger charge is -2.10. The molecule has 3 heterocycles. The maximum absolute atomic E-state index is 6.62. The Morgan fingerprint density at radius 2 is 0.983 bits per heavy atom. The van der Waals surface area contributed by atoms with Gasteiger partial charge < -0.3 is 8.98 Å². The highest BCUT2D eigenvalue weighted by Gasteiger charge is 2.19. The second-order valence-electron chi connectivity index (χ2n) is 14.8. The van der Waals surface area contributed by atoms with E-state index in [9.17, 15) is 0 Å². The van der Waals surface area contributed by atoms with Gasteiger partial charge in [-0.2, -0.15) is 0 Å². The van der Waals surface area contributed by atoms with E-state index in [-0.39, 0.29) is 0 Å². The van der Waals surface area contributed by atoms with Crippen molar-refractivity contribution in [3.05, 3.63) is 194 Å². The van der Waals surface area contributed by atoms with E-state index in [2.05, 4.69) is 156 Å². The monoisotopic (exact) mass is 740 g/mol. The maximum atomic E-state index is 6.62. The fourth-order valence-corrected chi connectivity index (χ4v) is 8.69. The van der Waals surface area contributed by atoms with Crippen LogP contribution in [0.3, 0.4) is 0 Å². The number of hydrogen-bond donors (Lipinski definition) is 0. The summed E-state index contributed by atoms with van der Waals surface area (Å²) >= 11 is 0. The molecule has 5 nitrogen and oxygen atoms in total. The summed E-state index contributed by atoms with van der Waals surface area (Å²) in [7, 11) is 0. The van der Waals surface area contributed by atoms with Gasteiger partial charge in [0.2, 0.25) is 0 Å². The van der Waals surface area contributed by atoms with Gasteiger partial charge in [-0.15, -0.1) is 0 Å². The first kappa shape index (κ1) is 32.4. The van der Waals surface area contributed by atoms with Crippen LogP contribution in [0, 0.1) is 0 Å². The predicted octanol–water partition coefficient (Wildman–Crippen LogP) is 13.8. The SMILES string of the molecule is c1ccc(-c2ccc3c(c2)c2c4ccccc4ccc2n3-c2ccc3c(c2)oc2ccc(-c4nc(-c5ccccc5)nc(-c5cccc6ccccc56)n4)cc23)cc1. The summed E-state index contributed by atoms with van der Waals surface area (Å²) in [5, 5.41) is 9.21. The summed E-state index contributed by atoms with van der Waals surface area (Å²) in [6.45, 7) is 0. The topological polar surface area (TPSA) is 56.7 Å². The first-order chi connectivity index (χ1) is 28.7. The normalized spacial score (nSPS) is 11.8. The van der Waals surface area contributed by atoms with E-state index in [1.54, 1.807) is 0 Å². The van der Waals surface area contributed by atoms with Gasteiger partial charge in [-0.3, -0.25) is 0 Å². The van der Waals surface area contributed by atoms with Crippen LogP contribution >= 0.6 is 0 Å². The van der Waals surface area contributed by atoms with E-state index in [4.69, 9.17) is 19.4 Å². The molecule has 0 saturated carbocycles. The highest BCUT2D eigenvalue weighted by molar-refractivity contribution is 6.22. The average molecular weight is 741 g/mol. The highest BCUT2D eigenvalue weighted by Crippen LogP contribution is 2.41. The van der Waals surface area contributed by atoms with Crippen molar-refractivity contribution in [2.24, 2.45) is 0 Å². The van der Waals surface area contributed by atoms with Gasteiger partial charge in [-0.1, -0.05) is 140 Å². The fourth-order valence-electron chi connectivity index (χ4n) is 8.69. The van der Waals surface area contributed by atoms with Crippen LogP contribution in [0.1, 0.15) is 0 Å². The van der Waals surface area contributed by atoms with Crippen LogP contribution in [0.2, 0.25) is 0 Å². The number of aromatic nitrogens is 4. The zero-order chi connectivity index (χ0) is 38.2. The molecular weight excluding hydrogens is 709 g/mol. The fraction of sp³-hybridized carbons (Fsp3) is 0. The van der Waals surface area contributed by atoms with Crippen molar-refractivity contribution < 1.29 is 4.42 Å². The van der Waals surface area contributed by atoms with Crippen LogP contribution in [0.5, 0.6) is 0 Å². The molecule has 12 rings (SSSR count). The van der Waals surface area contributed by atoms with E-state index in [0.29, 0.717) is 17.5 Å². The lowest BCUT2D eigenvalue weighted by atomic mass is 10.0. The third kappa shape index (κ3) is 5.14. The second-order valence-corrected chi connectivity index (χ2v) is 14.8. The Morgan fingerprint density at radius 3 is 1.81 bits per heavy atom. The van der Waals surface area contributed by atoms with Crippen molar-refractivity contribution in [3.8, 4) is 51.0 Å². The molecular formula is C53H32N4O. The first-order valence-corrected chi connectivity index (χ1v) is 19.5. The second kappa shape index (κ2) is 12.8. The van der Waals surface area contributed by atoms with Crippen molar-refractivity contribution in [1.82, 2.24) is 19.5 Å². The van der Waals surface area contributed by atoms with Crippen molar-refractivity contribution in [1.29, 1.82) is 0 Å². The highest BCUT2D eigenvalue weighted by atomic mass is 16.3. The van der Waals surface area contributed by atoms with Gasteiger partial charge in [-0.05, 0) is 81.2 Å². The Hall–Kier alpha value is -7.89. The van der Waals surface area contributed by atoms with Crippen LogP contribution in [0.15, 0.2) is 199 Å². The molecule has 0 bridgehead atoms. The van der Waals surface area contributed by atoms with E-state index in [1.807, 2.05) is 42.5 Å². The molecule has 0 atom stereocenters. The van der Waals surface area contributed by atoms with Gasteiger partial charge >= 0.3 is 0 Å². The maximum Gasteiger partial charge on any atom is 0.164 e. The molecule has 0 aliphatic heterocycles. The molecule has 0 unspecified atom stereocenters. The zero-order valence-corrected chi connectivity index (χ0v) is 31.2. The Balaban J connectivity index is 1.02. The molecule has 0 radical (unpaired) electrons. The van der Waals surface area contributed by atoms with E-state index < -0.39 is 0 Å². The largest absolute Gasteiger partial charge is 0.456 e. The number of hydrogen-bond acceptors (Lipinski definition) is 4. The summed E-state index contributed by atoms with van der Waals surface area (Å²) in [6.07, 6.45) is 0. The summed E-state index contributed by atoms with van der Waals surface area (Å²) in [6, 6.07) is 68.1. The minimum absolute atomic E-state index is 0.608. The minimum atomic E-state index is 0.608. The third-order valence-corrected chi connectivity index (χ3v) is 11.4. The third-order valence-electron chi connectivity index (χ3n) is 11.4. The minimum Gasteiger partial charge on any atom is -0.456 e. The van der Waals surface area contributed by atoms with E-state index >= 15 is 0 Å². The first-order valence-electron chi connectivity index (χ1n) is 19.5. The van der Waals surface area contributed by atoms with E-state index in [0.717, 1.165) is 66.1 Å². The van der Waals surface area contributed by atoms with E-state index in [1.165, 1.54) is 32.7 Å². The van der Waals surface area contributed by atoms with Crippen LogP contribution in [-0.4, -0.2) is 19.5 Å². The molecule has 12 aromatic rings. The molecule has 0 N–H and O–H groups in total. The zero-order valence-electron chi connectivity index (χ0n) is 31.2. The van der Waals surface area contributed by atoms with Crippen molar-refractivity contribution in [2.45, 2.75) is 0 Å². The number of fused-ring (bicyclic) bond motifs is 9. The summed E-state index contributed by atoms with van der Waals surface area (Å²) in [5.74, 6) is 1.87. The van der Waals surface area contributed by atoms with Crippen LogP contribution < -0.4 is 0 Å². The molecule has 0 amide bonds. The Bertz CT molecular complexity index is 3560. The Labute approximate surface area is 333 Å². The predicted molar refractivity (Wildman–Crippen MR) is 238 cm³/mol. The molecule has 5 heteroatoms. The lowest BCUT2D eigenvalue weighted by molar-refractivity contribution is 0.668. The number of rotatable bonds is 5. The molecule has 0 aliphatic rings. The van der Waals surface area contributed by atoms with Gasteiger partial charge in [-0.25, -0.2) is 15.0 Å². The van der Waals surface area contributed by atoms with Gasteiger partial charge in [0, 0.05) is 50.0 Å². The summed E-state index contributed by atoms with van der Waals surface area (Å²) in [4.78, 5) is 15.2. The summed E-state index contributed by atoms with van der Waals surface area (Å²) < 4.78 is 8.99. The van der Waals surface area contributed by atoms with Crippen molar-refractivity contribution in [2.75, 3.05) is 0 Å². The Morgan fingerprint density at radius 1 is 0.345 bits per heavy atom. The number of furan rings is 1. The number of nitrogens with zero attached hydrogens (tertiary/aromatic N) is 4. The van der Waals surface area contributed by atoms with Crippen LogP contribution in [-0.2, 0) is 0 Å². The Kier molecular flexibility index (Phi) is 7.16. The molecule has 9 aromatic carbocycles. The molecule has 58 heavy (non-hydrogen) atoms. The summed E-state index contributed by atoms with van der Waals surface area (Å²) in [5.41, 5.74) is 10.2. The molecule has 3 aromatic heterocycles. The molecule has 0 saturated heterocycles. The molecule has 0 fully saturated rings. The molecule has 0 aliphatic carbocycles. The average Bonchev–Trinajstić information content (AvgIpc) is 3.84. The van der Waals surface area contributed by atoms with Gasteiger partial charge in [0.1, 0.15) is 11.2 Å². The van der Waals surface area contributed by atoms with Crippen molar-refractivity contribution >= 4 is 65.3 Å².